The molecule has 0 saturated heterocycles. The lowest BCUT2D eigenvalue weighted by atomic mass is 9.84. The van der Waals surface area contributed by atoms with Gasteiger partial charge >= 0.3 is 0 Å². The van der Waals surface area contributed by atoms with Gasteiger partial charge in [-0.15, -0.1) is 0 Å². The first-order valence-electron chi connectivity index (χ1n) is 22.6. The smallest absolute Gasteiger partial charge is 0.0933 e. The van der Waals surface area contributed by atoms with E-state index in [1.54, 1.807) is 0 Å². The first kappa shape index (κ1) is 38.8. The number of hydrogen-bond acceptors (Lipinski definition) is 4. The molecule has 0 fully saturated rings. The Morgan fingerprint density at radius 3 is 1.31 bits per heavy atom. The molecule has 0 N–H and O–H groups in total. The van der Waals surface area contributed by atoms with Crippen molar-refractivity contribution < 1.29 is 0 Å². The zero-order valence-corrected chi connectivity index (χ0v) is 37.3. The van der Waals surface area contributed by atoms with Crippen molar-refractivity contribution in [3.8, 4) is 33.6 Å². The third-order valence-electron chi connectivity index (χ3n) is 14.0. The van der Waals surface area contributed by atoms with Crippen molar-refractivity contribution in [1.29, 1.82) is 0 Å². The normalized spacial score (nSPS) is 13.9. The molecule has 9 aromatic carbocycles. The molecule has 10 aromatic rings. The quantitative estimate of drug-likeness (QED) is 0.160. The number of rotatable bonds is 7. The fraction of sp³-hybridized carbons (Fsp3) is 0.115. The maximum absolute atomic E-state index is 5.60. The number of benzene rings is 9. The molecule has 0 spiro atoms. The fourth-order valence-corrected chi connectivity index (χ4v) is 10.4. The van der Waals surface area contributed by atoms with Gasteiger partial charge in [-0.3, -0.25) is 0 Å². The molecule has 1 aromatic heterocycles. The number of aryl methyl sites for hydroxylation is 1. The van der Waals surface area contributed by atoms with Gasteiger partial charge in [0.2, 0.25) is 0 Å². The maximum atomic E-state index is 5.60. The second kappa shape index (κ2) is 14.6. The van der Waals surface area contributed by atoms with Crippen LogP contribution in [0.5, 0.6) is 0 Å². The van der Waals surface area contributed by atoms with Crippen LogP contribution in [-0.4, -0.2) is 9.97 Å². The van der Waals surface area contributed by atoms with Crippen molar-refractivity contribution in [3.05, 3.63) is 228 Å². The van der Waals surface area contributed by atoms with Gasteiger partial charge < -0.3 is 9.80 Å². The Hall–Kier alpha value is -7.82. The van der Waals surface area contributed by atoms with Crippen LogP contribution in [0.1, 0.15) is 55.8 Å². The van der Waals surface area contributed by atoms with Crippen LogP contribution < -0.4 is 9.80 Å². The summed E-state index contributed by atoms with van der Waals surface area (Å²) in [5.74, 6) is 0. The lowest BCUT2D eigenvalue weighted by molar-refractivity contribution is 0.617. The van der Waals surface area contributed by atoms with E-state index in [0.717, 1.165) is 62.5 Å². The highest BCUT2D eigenvalue weighted by Crippen LogP contribution is 2.54. The van der Waals surface area contributed by atoms with E-state index < -0.39 is 0 Å². The van der Waals surface area contributed by atoms with E-state index in [1.807, 2.05) is 0 Å². The zero-order valence-electron chi connectivity index (χ0n) is 37.3. The number of aromatic nitrogens is 2. The van der Waals surface area contributed by atoms with Gasteiger partial charge in [0.25, 0.3) is 0 Å². The summed E-state index contributed by atoms with van der Waals surface area (Å²) in [7, 11) is 0. The summed E-state index contributed by atoms with van der Waals surface area (Å²) in [6.45, 7) is 11.4. The van der Waals surface area contributed by atoms with E-state index in [4.69, 9.17) is 9.97 Å². The Kier molecular flexibility index (Phi) is 8.73. The number of fused-ring (bicyclic) bond motifs is 8. The number of hydrogen-bond donors (Lipinski definition) is 0. The van der Waals surface area contributed by atoms with Crippen LogP contribution in [0.3, 0.4) is 0 Å². The first-order valence-corrected chi connectivity index (χ1v) is 22.6. The second-order valence-electron chi connectivity index (χ2n) is 18.8. The Balaban J connectivity index is 0.889. The summed E-state index contributed by atoms with van der Waals surface area (Å²) in [4.78, 5) is 15.9. The van der Waals surface area contributed by atoms with Crippen molar-refractivity contribution >= 4 is 55.7 Å². The van der Waals surface area contributed by atoms with E-state index in [9.17, 15) is 0 Å². The van der Waals surface area contributed by atoms with E-state index in [0.29, 0.717) is 0 Å². The van der Waals surface area contributed by atoms with Crippen molar-refractivity contribution in [2.45, 2.75) is 45.4 Å². The van der Waals surface area contributed by atoms with Crippen molar-refractivity contribution in [3.63, 3.8) is 0 Å². The molecule has 4 nitrogen and oxygen atoms in total. The molecule has 65 heavy (non-hydrogen) atoms. The fourth-order valence-electron chi connectivity index (χ4n) is 10.4. The highest BCUT2D eigenvalue weighted by molar-refractivity contribution is 5.92. The molecule has 0 aliphatic heterocycles. The molecule has 0 radical (unpaired) electrons. The molecular formula is C61H48N4. The Labute approximate surface area is 381 Å². The van der Waals surface area contributed by atoms with Gasteiger partial charge in [0.1, 0.15) is 0 Å². The summed E-state index contributed by atoms with van der Waals surface area (Å²) in [6.07, 6.45) is 0. The van der Waals surface area contributed by atoms with E-state index >= 15 is 0 Å². The minimum atomic E-state index is -0.361. The van der Waals surface area contributed by atoms with Gasteiger partial charge in [0.15, 0.2) is 0 Å². The molecule has 1 heterocycles. The summed E-state index contributed by atoms with van der Waals surface area (Å²) in [6, 6.07) is 72.8. The molecule has 0 atom stereocenters. The Morgan fingerprint density at radius 2 is 0.738 bits per heavy atom. The first-order chi connectivity index (χ1) is 31.6. The molecule has 2 aliphatic carbocycles. The summed E-state index contributed by atoms with van der Waals surface area (Å²) in [5, 5.41) is 4.90. The molecular weight excluding hydrogens is 789 g/mol. The van der Waals surface area contributed by atoms with Gasteiger partial charge in [-0.1, -0.05) is 155 Å². The van der Waals surface area contributed by atoms with Gasteiger partial charge in [-0.2, -0.15) is 0 Å². The minimum absolute atomic E-state index is 0.339. The van der Waals surface area contributed by atoms with Crippen LogP contribution in [-0.2, 0) is 10.8 Å². The molecule has 0 saturated carbocycles. The number of anilines is 6. The Bertz CT molecular complexity index is 3490. The van der Waals surface area contributed by atoms with E-state index in [2.05, 4.69) is 245 Å². The van der Waals surface area contributed by atoms with Crippen LogP contribution in [0.25, 0.3) is 55.2 Å². The summed E-state index contributed by atoms with van der Waals surface area (Å²) in [5.41, 5.74) is 18.5. The average molecular weight is 837 g/mol. The lowest BCUT2D eigenvalue weighted by Gasteiger charge is -2.28. The van der Waals surface area contributed by atoms with Gasteiger partial charge in [0.05, 0.1) is 22.8 Å². The number of para-hydroxylation sites is 1. The predicted octanol–water partition coefficient (Wildman–Crippen LogP) is 16.3. The van der Waals surface area contributed by atoms with Crippen molar-refractivity contribution in [1.82, 2.24) is 9.97 Å². The van der Waals surface area contributed by atoms with Gasteiger partial charge in [-0.25, -0.2) is 9.97 Å². The minimum Gasteiger partial charge on any atom is -0.310 e. The van der Waals surface area contributed by atoms with Crippen molar-refractivity contribution in [2.75, 3.05) is 9.80 Å². The molecule has 0 unspecified atom stereocenters. The molecule has 0 amide bonds. The largest absolute Gasteiger partial charge is 0.310 e. The highest BCUT2D eigenvalue weighted by Gasteiger charge is 2.45. The van der Waals surface area contributed by atoms with Crippen LogP contribution in [0.15, 0.2) is 200 Å². The lowest BCUT2D eigenvalue weighted by Crippen LogP contribution is -2.20. The SMILES string of the molecule is Cc1ccc(N(c2ccc3c(c2)C(C)(C)c2nc4c(nc2-3)C(C)(C)c2cc(-c3ccc(N(c5ccccc5)c5ccc6ccccc6c5)cc3)ccc2-4)c2ccc3ccccc3c2)cc1. The molecule has 2 aliphatic rings. The average Bonchev–Trinajstić information content (AvgIpc) is 3.70. The second-order valence-corrected chi connectivity index (χ2v) is 18.8. The van der Waals surface area contributed by atoms with Gasteiger partial charge in [-0.05, 0) is 130 Å². The molecule has 4 heteroatoms. The van der Waals surface area contributed by atoms with Crippen LogP contribution in [0.4, 0.5) is 34.1 Å². The zero-order chi connectivity index (χ0) is 44.0. The molecule has 12 rings (SSSR count). The predicted molar refractivity (Wildman–Crippen MR) is 272 cm³/mol. The molecule has 0 bridgehead atoms. The van der Waals surface area contributed by atoms with Crippen LogP contribution in [0, 0.1) is 6.92 Å². The summed E-state index contributed by atoms with van der Waals surface area (Å²) < 4.78 is 0. The van der Waals surface area contributed by atoms with Gasteiger partial charge in [0, 0.05) is 56.1 Å². The number of nitrogens with zero attached hydrogens (tertiary/aromatic N) is 4. The Morgan fingerprint density at radius 1 is 0.338 bits per heavy atom. The maximum Gasteiger partial charge on any atom is 0.0933 e. The monoisotopic (exact) mass is 836 g/mol. The van der Waals surface area contributed by atoms with Crippen LogP contribution in [0.2, 0.25) is 0 Å². The molecule has 312 valence electrons. The topological polar surface area (TPSA) is 32.3 Å². The summed E-state index contributed by atoms with van der Waals surface area (Å²) >= 11 is 0. The third kappa shape index (κ3) is 6.27. The van der Waals surface area contributed by atoms with Crippen LogP contribution >= 0.6 is 0 Å². The highest BCUT2D eigenvalue weighted by atomic mass is 15.1. The standard InChI is InChI=1S/C61H48N4/c1-39-19-26-47(27-20-39)65(50-31-24-41-14-10-12-16-44(41)36-50)51-32-34-53-55(38-51)61(4,5)59-57(53)63-58-56(62-59)52-33-25-45(37-54(52)60(58,2)3)42-21-28-48(29-22-42)64(46-17-7-6-8-18-46)49-30-23-40-13-9-11-15-43(40)35-49/h6-38H,1-5H3. The van der Waals surface area contributed by atoms with E-state index in [-0.39, 0.29) is 10.8 Å². The third-order valence-corrected chi connectivity index (χ3v) is 14.0. The van der Waals surface area contributed by atoms with E-state index in [1.165, 1.54) is 54.9 Å². The van der Waals surface area contributed by atoms with Crippen molar-refractivity contribution in [2.24, 2.45) is 0 Å².